The smallest absolute Gasteiger partial charge is 0.549 e. The number of carbonyl (C=O) groups excluding carboxylic acids is 5. The third kappa shape index (κ3) is 34.8. The van der Waals surface area contributed by atoms with Crippen LogP contribution in [0.2, 0.25) is 0 Å². The van der Waals surface area contributed by atoms with Crippen LogP contribution in [0, 0.1) is 0 Å². The summed E-state index contributed by atoms with van der Waals surface area (Å²) < 4.78 is 0. The fourth-order valence-electron chi connectivity index (χ4n) is 2.18. The maximum absolute atomic E-state index is 10.8. The van der Waals surface area contributed by atoms with Crippen LogP contribution >= 0.6 is 0 Å². The molecule has 0 aromatic heterocycles. The van der Waals surface area contributed by atoms with Gasteiger partial charge in [0, 0.05) is 99.1 Å². The van der Waals surface area contributed by atoms with Crippen LogP contribution in [0.5, 0.6) is 0 Å². The normalized spacial score (nSPS) is 9.06. The maximum atomic E-state index is 10.8. The minimum absolute atomic E-state index is 0. The number of carboxylic acid groups (broad SMARTS) is 5. The molecular weight excluding hydrogens is 675 g/mol. The summed E-state index contributed by atoms with van der Waals surface area (Å²) in [4.78, 5) is 56.4. The summed E-state index contributed by atoms with van der Waals surface area (Å²) in [5, 5.41) is 53.3. The number of carboxylic acids is 5. The second kappa shape index (κ2) is 31.0. The molecule has 0 aliphatic carbocycles. The van der Waals surface area contributed by atoms with E-state index in [1.54, 1.807) is 0 Å². The Bertz CT molecular complexity index is 513. The molecule has 0 rings (SSSR count). The van der Waals surface area contributed by atoms with Crippen molar-refractivity contribution in [2.45, 2.75) is 0 Å². The Labute approximate surface area is 314 Å². The van der Waals surface area contributed by atoms with Gasteiger partial charge >= 0.3 is 126 Å². The standard InChI is InChI=1S/C14H23N3O10.Ca.3Na.2Tc/c18-10(19)5-15(1-3-16(6-11(20)21)7-12(22)23)2-4-17(8-13(24)25)9-14(26)27;;;;;;/h1-9H2,(H,18,19)(H,20,21)(H,22,23)(H,24,25)(H,26,27);;;;;;/q;+2;3*+1;;/p-5. The van der Waals surface area contributed by atoms with Gasteiger partial charge in [-0.25, -0.2) is 0 Å². The van der Waals surface area contributed by atoms with Crippen molar-refractivity contribution in [3.05, 3.63) is 0 Å². The second-order valence-corrected chi connectivity index (χ2v) is 5.56. The molecule has 0 heterocycles. The van der Waals surface area contributed by atoms with Crippen molar-refractivity contribution in [3.63, 3.8) is 0 Å². The zero-order valence-corrected chi connectivity index (χ0v) is 30.7. The quantitative estimate of drug-likeness (QED) is 0.138. The van der Waals surface area contributed by atoms with E-state index in [4.69, 9.17) is 0 Å². The molecular formula is C14H18CaN3Na3O10Tc2. The van der Waals surface area contributed by atoms with Crippen LogP contribution < -0.4 is 114 Å². The first-order chi connectivity index (χ1) is 12.5. The first-order valence-electron chi connectivity index (χ1n) is 7.66. The topological polar surface area (TPSA) is 210 Å². The molecule has 2 radical (unpaired) electrons. The van der Waals surface area contributed by atoms with Gasteiger partial charge in [0.15, 0.2) is 0 Å². The third-order valence-corrected chi connectivity index (χ3v) is 3.23. The Kier molecular flexibility index (Phi) is 49.1. The molecule has 0 saturated carbocycles. The molecule has 0 N–H and O–H groups in total. The van der Waals surface area contributed by atoms with Crippen LogP contribution in [-0.4, -0.2) is 141 Å². The fraction of sp³-hybridized carbons (Fsp3) is 0.643. The van der Waals surface area contributed by atoms with E-state index < -0.39 is 62.6 Å². The number of hydrogen-bond donors (Lipinski definition) is 0. The van der Waals surface area contributed by atoms with Gasteiger partial charge in [0.25, 0.3) is 0 Å². The molecule has 33 heavy (non-hydrogen) atoms. The van der Waals surface area contributed by atoms with E-state index in [2.05, 4.69) is 0 Å². The number of carbonyl (C=O) groups is 5. The van der Waals surface area contributed by atoms with Gasteiger partial charge in [0.1, 0.15) is 0 Å². The van der Waals surface area contributed by atoms with Crippen molar-refractivity contribution in [3.8, 4) is 0 Å². The molecule has 168 valence electrons. The molecule has 0 bridgehead atoms. The summed E-state index contributed by atoms with van der Waals surface area (Å²) in [6.45, 7) is -4.16. The first kappa shape index (κ1) is 52.3. The van der Waals surface area contributed by atoms with Crippen molar-refractivity contribution in [1.29, 1.82) is 0 Å². The van der Waals surface area contributed by atoms with Crippen LogP contribution in [0.15, 0.2) is 0 Å². The van der Waals surface area contributed by atoms with Crippen molar-refractivity contribution in [2.75, 3.05) is 58.9 Å². The molecule has 0 atom stereocenters. The van der Waals surface area contributed by atoms with E-state index in [9.17, 15) is 49.5 Å². The number of aliphatic carboxylic acids is 5. The zero-order valence-electron chi connectivity index (χ0n) is 18.8. The van der Waals surface area contributed by atoms with E-state index in [1.807, 2.05) is 0 Å². The molecule has 0 spiro atoms. The Morgan fingerprint density at radius 2 is 0.576 bits per heavy atom. The largest absolute Gasteiger partial charge is 2.00 e. The molecule has 0 fully saturated rings. The summed E-state index contributed by atoms with van der Waals surface area (Å²) in [5.41, 5.74) is 0. The van der Waals surface area contributed by atoms with Crippen LogP contribution in [0.25, 0.3) is 0 Å². The van der Waals surface area contributed by atoms with Gasteiger partial charge in [-0.05, 0) is 0 Å². The minimum Gasteiger partial charge on any atom is -0.549 e. The Balaban J connectivity index is -0.000000225. The Morgan fingerprint density at radius 3 is 0.758 bits per heavy atom. The Morgan fingerprint density at radius 1 is 0.424 bits per heavy atom. The molecule has 13 nitrogen and oxygen atoms in total. The van der Waals surface area contributed by atoms with E-state index >= 15 is 0 Å². The van der Waals surface area contributed by atoms with Crippen molar-refractivity contribution in [2.24, 2.45) is 0 Å². The first-order valence-corrected chi connectivity index (χ1v) is 7.66. The average Bonchev–Trinajstić information content (AvgIpc) is 2.46. The predicted octanol–water partition coefficient (Wildman–Crippen LogP) is -18.7. The van der Waals surface area contributed by atoms with Gasteiger partial charge in [-0.1, -0.05) is 0 Å². The van der Waals surface area contributed by atoms with Crippen LogP contribution in [0.1, 0.15) is 0 Å². The summed E-state index contributed by atoms with van der Waals surface area (Å²) in [7, 11) is 0. The summed E-state index contributed by atoms with van der Waals surface area (Å²) in [6, 6.07) is 0. The summed E-state index contributed by atoms with van der Waals surface area (Å²) >= 11 is 0. The van der Waals surface area contributed by atoms with Gasteiger partial charge in [0.2, 0.25) is 0 Å². The fourth-order valence-corrected chi connectivity index (χ4v) is 2.18. The number of hydrogen-bond acceptors (Lipinski definition) is 13. The van der Waals surface area contributed by atoms with Gasteiger partial charge in [-0.15, -0.1) is 0 Å². The predicted molar refractivity (Wildman–Crippen MR) is 80.1 cm³/mol. The summed E-state index contributed by atoms with van der Waals surface area (Å²) in [5.74, 6) is -7.67. The van der Waals surface area contributed by atoms with Crippen LogP contribution in [-0.2, 0) is 64.2 Å². The monoisotopic (exact) mass is 691 g/mol. The third-order valence-electron chi connectivity index (χ3n) is 3.23. The molecule has 0 aromatic rings. The molecule has 19 heteroatoms. The molecule has 0 unspecified atom stereocenters. The van der Waals surface area contributed by atoms with Gasteiger partial charge in [-0.3, -0.25) is 14.7 Å². The van der Waals surface area contributed by atoms with Crippen molar-refractivity contribution >= 4 is 67.6 Å². The molecule has 0 saturated heterocycles. The van der Waals surface area contributed by atoms with Crippen molar-refractivity contribution < 1.29 is 178 Å². The van der Waals surface area contributed by atoms with E-state index in [0.29, 0.717) is 0 Å². The van der Waals surface area contributed by atoms with E-state index in [1.165, 1.54) is 4.90 Å². The van der Waals surface area contributed by atoms with Crippen LogP contribution in [0.3, 0.4) is 0 Å². The molecule has 0 amide bonds. The molecule has 0 aliphatic heterocycles. The second-order valence-electron chi connectivity index (χ2n) is 5.56. The average molecular weight is 693 g/mol. The minimum atomic E-state index is -1.54. The SMILES string of the molecule is O=C([O-])CN(CCN(CC(=O)[O-])CC(=O)[O-])CCN(CC(=O)[O-])CC(=O)[O-].[Ca+2].[Na+].[Na+].[Na+].[Tc].[Tc]. The zero-order chi connectivity index (χ0) is 21.0. The van der Waals surface area contributed by atoms with E-state index in [-0.39, 0.29) is 193 Å². The maximum Gasteiger partial charge on any atom is 2.00 e. The van der Waals surface area contributed by atoms with Crippen LogP contribution in [0.4, 0.5) is 0 Å². The van der Waals surface area contributed by atoms with Gasteiger partial charge in [-0.2, -0.15) is 0 Å². The summed E-state index contributed by atoms with van der Waals surface area (Å²) in [6.07, 6.45) is 0. The molecule has 0 aromatic carbocycles. The van der Waals surface area contributed by atoms with Gasteiger partial charge < -0.3 is 49.5 Å². The molecule has 0 aliphatic rings. The van der Waals surface area contributed by atoms with Gasteiger partial charge in [0.05, 0.1) is 29.8 Å². The number of nitrogens with zero attached hydrogens (tertiary/aromatic N) is 3. The number of rotatable bonds is 16. The van der Waals surface area contributed by atoms with E-state index in [0.717, 1.165) is 9.80 Å². The van der Waals surface area contributed by atoms with Crippen molar-refractivity contribution in [1.82, 2.24) is 14.7 Å². The Hall–Kier alpha value is 2.79.